The van der Waals surface area contributed by atoms with Gasteiger partial charge < -0.3 is 4.57 Å². The van der Waals surface area contributed by atoms with Crippen molar-refractivity contribution in [2.45, 2.75) is 31.2 Å². The van der Waals surface area contributed by atoms with E-state index in [-0.39, 0.29) is 5.91 Å². The standard InChI is InChI=1S/C23H23N5OS2/c1-4-17-10-8-9-13-20(17)28(16(2)29)22-24-19(14-30-22)15-31-23-26-25-21(27(23)3)18-11-6-5-7-12-18/h5-14H,4,15H2,1-3H3. The average molecular weight is 450 g/mol. The van der Waals surface area contributed by atoms with E-state index in [1.807, 2.05) is 71.6 Å². The number of aryl methyl sites for hydroxylation is 1. The van der Waals surface area contributed by atoms with Crippen molar-refractivity contribution in [2.24, 2.45) is 7.05 Å². The van der Waals surface area contributed by atoms with Gasteiger partial charge >= 0.3 is 0 Å². The van der Waals surface area contributed by atoms with Crippen LogP contribution in [0.5, 0.6) is 0 Å². The zero-order valence-electron chi connectivity index (χ0n) is 17.6. The number of carbonyl (C=O) groups is 1. The van der Waals surface area contributed by atoms with E-state index >= 15 is 0 Å². The summed E-state index contributed by atoms with van der Waals surface area (Å²) >= 11 is 3.06. The van der Waals surface area contributed by atoms with E-state index in [4.69, 9.17) is 4.98 Å². The molecule has 0 aliphatic rings. The summed E-state index contributed by atoms with van der Waals surface area (Å²) in [6, 6.07) is 18.0. The van der Waals surface area contributed by atoms with Crippen molar-refractivity contribution in [3.05, 3.63) is 71.2 Å². The molecule has 0 N–H and O–H groups in total. The Morgan fingerprint density at radius 3 is 2.58 bits per heavy atom. The van der Waals surface area contributed by atoms with Crippen LogP contribution >= 0.6 is 23.1 Å². The molecule has 6 nitrogen and oxygen atoms in total. The van der Waals surface area contributed by atoms with Gasteiger partial charge in [0.2, 0.25) is 5.91 Å². The Morgan fingerprint density at radius 2 is 1.84 bits per heavy atom. The summed E-state index contributed by atoms with van der Waals surface area (Å²) in [6.07, 6.45) is 0.851. The highest BCUT2D eigenvalue weighted by atomic mass is 32.2. The number of thiazole rings is 1. The van der Waals surface area contributed by atoms with Gasteiger partial charge in [0.15, 0.2) is 16.1 Å². The third-order valence-electron chi connectivity index (χ3n) is 4.88. The molecule has 0 bridgehead atoms. The van der Waals surface area contributed by atoms with Crippen molar-refractivity contribution in [1.29, 1.82) is 0 Å². The maximum atomic E-state index is 12.4. The largest absolute Gasteiger partial charge is 0.305 e. The van der Waals surface area contributed by atoms with Crippen molar-refractivity contribution in [3.8, 4) is 11.4 Å². The predicted molar refractivity (Wildman–Crippen MR) is 127 cm³/mol. The number of nitrogens with zero attached hydrogens (tertiary/aromatic N) is 5. The number of aromatic nitrogens is 4. The van der Waals surface area contributed by atoms with Gasteiger partial charge in [0.25, 0.3) is 0 Å². The van der Waals surface area contributed by atoms with Gasteiger partial charge in [-0.25, -0.2) is 4.98 Å². The number of carbonyl (C=O) groups excluding carboxylic acids is 1. The number of hydrogen-bond donors (Lipinski definition) is 0. The van der Waals surface area contributed by atoms with Gasteiger partial charge in [0, 0.05) is 30.7 Å². The molecule has 4 aromatic rings. The van der Waals surface area contributed by atoms with Crippen LogP contribution < -0.4 is 4.90 Å². The molecule has 0 spiro atoms. The van der Waals surface area contributed by atoms with E-state index in [1.165, 1.54) is 11.3 Å². The fraction of sp³-hybridized carbons (Fsp3) is 0.217. The first-order valence-electron chi connectivity index (χ1n) is 9.99. The summed E-state index contributed by atoms with van der Waals surface area (Å²) in [5.41, 5.74) is 3.96. The van der Waals surface area contributed by atoms with Crippen LogP contribution in [0.3, 0.4) is 0 Å². The summed E-state index contributed by atoms with van der Waals surface area (Å²) in [4.78, 5) is 18.9. The van der Waals surface area contributed by atoms with Gasteiger partial charge in [0.05, 0.1) is 11.4 Å². The molecule has 0 fully saturated rings. The lowest BCUT2D eigenvalue weighted by Gasteiger charge is -2.20. The van der Waals surface area contributed by atoms with E-state index in [9.17, 15) is 4.79 Å². The highest BCUT2D eigenvalue weighted by molar-refractivity contribution is 7.98. The topological polar surface area (TPSA) is 63.9 Å². The second-order valence-electron chi connectivity index (χ2n) is 6.98. The van der Waals surface area contributed by atoms with E-state index in [2.05, 4.69) is 17.1 Å². The van der Waals surface area contributed by atoms with Gasteiger partial charge in [-0.2, -0.15) is 0 Å². The van der Waals surface area contributed by atoms with Crippen LogP contribution in [0, 0.1) is 0 Å². The zero-order chi connectivity index (χ0) is 21.8. The Bertz CT molecular complexity index is 1190. The second kappa shape index (κ2) is 9.45. The molecule has 2 heterocycles. The third kappa shape index (κ3) is 4.55. The Balaban J connectivity index is 1.52. The minimum absolute atomic E-state index is 0.0461. The molecule has 31 heavy (non-hydrogen) atoms. The smallest absolute Gasteiger partial charge is 0.230 e. The van der Waals surface area contributed by atoms with Gasteiger partial charge in [-0.05, 0) is 18.1 Å². The van der Waals surface area contributed by atoms with Crippen LogP contribution in [0.15, 0.2) is 65.1 Å². The molecular formula is C23H23N5OS2. The number of rotatable bonds is 7. The maximum absolute atomic E-state index is 12.4. The van der Waals surface area contributed by atoms with E-state index in [0.29, 0.717) is 10.9 Å². The molecular weight excluding hydrogens is 426 g/mol. The summed E-state index contributed by atoms with van der Waals surface area (Å²) in [5.74, 6) is 1.44. The monoisotopic (exact) mass is 449 g/mol. The minimum Gasteiger partial charge on any atom is -0.305 e. The normalized spacial score (nSPS) is 10.9. The van der Waals surface area contributed by atoms with Crippen LogP contribution in [-0.2, 0) is 24.0 Å². The number of benzene rings is 2. The first-order chi connectivity index (χ1) is 15.1. The summed E-state index contributed by atoms with van der Waals surface area (Å²) < 4.78 is 1.99. The molecule has 2 aromatic carbocycles. The van der Waals surface area contributed by atoms with Crippen molar-refractivity contribution in [2.75, 3.05) is 4.90 Å². The van der Waals surface area contributed by atoms with Crippen LogP contribution in [0.25, 0.3) is 11.4 Å². The number of hydrogen-bond acceptors (Lipinski definition) is 6. The lowest BCUT2D eigenvalue weighted by atomic mass is 10.1. The van der Waals surface area contributed by atoms with Gasteiger partial charge in [-0.3, -0.25) is 9.69 Å². The van der Waals surface area contributed by atoms with Gasteiger partial charge in [-0.1, -0.05) is 67.2 Å². The first-order valence-corrected chi connectivity index (χ1v) is 11.9. The van der Waals surface area contributed by atoms with Crippen LogP contribution in [0.2, 0.25) is 0 Å². The highest BCUT2D eigenvalue weighted by Crippen LogP contribution is 2.33. The molecule has 8 heteroatoms. The van der Waals surface area contributed by atoms with Crippen molar-refractivity contribution in [3.63, 3.8) is 0 Å². The molecule has 0 radical (unpaired) electrons. The van der Waals surface area contributed by atoms with Crippen molar-refractivity contribution in [1.82, 2.24) is 19.7 Å². The second-order valence-corrected chi connectivity index (χ2v) is 8.76. The molecule has 0 saturated heterocycles. The van der Waals surface area contributed by atoms with Crippen LogP contribution in [-0.4, -0.2) is 25.7 Å². The molecule has 158 valence electrons. The number of amides is 1. The summed E-state index contributed by atoms with van der Waals surface area (Å²) in [6.45, 7) is 3.67. The summed E-state index contributed by atoms with van der Waals surface area (Å²) in [7, 11) is 1.97. The van der Waals surface area contributed by atoms with E-state index < -0.39 is 0 Å². The highest BCUT2D eigenvalue weighted by Gasteiger charge is 2.20. The molecule has 0 unspecified atom stereocenters. The Morgan fingerprint density at radius 1 is 1.10 bits per heavy atom. The Hall–Kier alpha value is -2.97. The molecule has 1 amide bonds. The molecule has 2 aromatic heterocycles. The maximum Gasteiger partial charge on any atom is 0.230 e. The van der Waals surface area contributed by atoms with E-state index in [1.54, 1.807) is 23.6 Å². The SMILES string of the molecule is CCc1ccccc1N(C(C)=O)c1nc(CSc2nnc(-c3ccccc3)n2C)cs1. The lowest BCUT2D eigenvalue weighted by molar-refractivity contribution is -0.115. The number of para-hydroxylation sites is 1. The first kappa shape index (κ1) is 21.3. The molecule has 4 rings (SSSR count). The average Bonchev–Trinajstić information content (AvgIpc) is 3.40. The Kier molecular flexibility index (Phi) is 6.48. The van der Waals surface area contributed by atoms with Crippen molar-refractivity contribution < 1.29 is 4.79 Å². The minimum atomic E-state index is -0.0461. The molecule has 0 aliphatic heterocycles. The molecule has 0 atom stereocenters. The van der Waals surface area contributed by atoms with Gasteiger partial charge in [0.1, 0.15) is 0 Å². The predicted octanol–water partition coefficient (Wildman–Crippen LogP) is 5.48. The molecule has 0 saturated carbocycles. The summed E-state index contributed by atoms with van der Waals surface area (Å²) in [5, 5.41) is 12.2. The number of anilines is 2. The third-order valence-corrected chi connectivity index (χ3v) is 6.80. The fourth-order valence-electron chi connectivity index (χ4n) is 3.32. The van der Waals surface area contributed by atoms with E-state index in [0.717, 1.165) is 39.9 Å². The quantitative estimate of drug-likeness (QED) is 0.350. The molecule has 0 aliphatic carbocycles. The lowest BCUT2D eigenvalue weighted by Crippen LogP contribution is -2.23. The van der Waals surface area contributed by atoms with Gasteiger partial charge in [-0.15, -0.1) is 21.5 Å². The Labute approximate surface area is 190 Å². The zero-order valence-corrected chi connectivity index (χ0v) is 19.3. The van der Waals surface area contributed by atoms with Crippen LogP contribution in [0.4, 0.5) is 10.8 Å². The fourth-order valence-corrected chi connectivity index (χ4v) is 5.11. The van der Waals surface area contributed by atoms with Crippen molar-refractivity contribution >= 4 is 39.8 Å². The van der Waals surface area contributed by atoms with Crippen LogP contribution in [0.1, 0.15) is 25.1 Å². The number of thioether (sulfide) groups is 1.